The lowest BCUT2D eigenvalue weighted by Gasteiger charge is -2.21. The number of fused-ring (bicyclic) bond motifs is 1. The second-order valence-electron chi connectivity index (χ2n) is 4.40. The average Bonchev–Trinajstić information content (AvgIpc) is 2.86. The van der Waals surface area contributed by atoms with E-state index in [2.05, 4.69) is 40.0 Å². The SMILES string of the molecule is CCn1ccnc1-c1cccc2c1CCCN2. The Bertz CT molecular complexity index is 528. The highest BCUT2D eigenvalue weighted by atomic mass is 15.1. The van der Waals surface area contributed by atoms with Crippen molar-refractivity contribution < 1.29 is 0 Å². The lowest BCUT2D eigenvalue weighted by atomic mass is 9.97. The van der Waals surface area contributed by atoms with Gasteiger partial charge in [-0.25, -0.2) is 4.98 Å². The van der Waals surface area contributed by atoms with E-state index in [4.69, 9.17) is 0 Å². The third kappa shape index (κ3) is 1.71. The van der Waals surface area contributed by atoms with Crippen LogP contribution in [0.3, 0.4) is 0 Å². The Balaban J connectivity index is 2.14. The van der Waals surface area contributed by atoms with Gasteiger partial charge in [0.25, 0.3) is 0 Å². The van der Waals surface area contributed by atoms with Crippen LogP contribution in [0.2, 0.25) is 0 Å². The molecule has 0 bridgehead atoms. The van der Waals surface area contributed by atoms with Crippen LogP contribution in [0, 0.1) is 0 Å². The largest absolute Gasteiger partial charge is 0.385 e. The quantitative estimate of drug-likeness (QED) is 0.855. The van der Waals surface area contributed by atoms with Gasteiger partial charge in [0.1, 0.15) is 5.82 Å². The summed E-state index contributed by atoms with van der Waals surface area (Å²) in [4.78, 5) is 4.50. The molecule has 0 saturated carbocycles. The van der Waals surface area contributed by atoms with Gasteiger partial charge in [0, 0.05) is 36.7 Å². The molecule has 0 saturated heterocycles. The maximum absolute atomic E-state index is 4.50. The number of aromatic nitrogens is 2. The van der Waals surface area contributed by atoms with Gasteiger partial charge in [-0.2, -0.15) is 0 Å². The molecular weight excluding hydrogens is 210 g/mol. The summed E-state index contributed by atoms with van der Waals surface area (Å²) >= 11 is 0. The summed E-state index contributed by atoms with van der Waals surface area (Å²) in [6.07, 6.45) is 6.28. The van der Waals surface area contributed by atoms with Crippen LogP contribution in [0.5, 0.6) is 0 Å². The van der Waals surface area contributed by atoms with Crippen molar-refractivity contribution >= 4 is 5.69 Å². The van der Waals surface area contributed by atoms with Gasteiger partial charge in [-0.1, -0.05) is 12.1 Å². The molecule has 88 valence electrons. The van der Waals surface area contributed by atoms with Gasteiger partial charge in [-0.3, -0.25) is 0 Å². The molecule has 17 heavy (non-hydrogen) atoms. The van der Waals surface area contributed by atoms with Crippen LogP contribution in [0.15, 0.2) is 30.6 Å². The molecule has 0 unspecified atom stereocenters. The molecule has 0 amide bonds. The van der Waals surface area contributed by atoms with E-state index in [1.807, 2.05) is 12.4 Å². The van der Waals surface area contributed by atoms with Gasteiger partial charge < -0.3 is 9.88 Å². The van der Waals surface area contributed by atoms with Crippen molar-refractivity contribution in [3.63, 3.8) is 0 Å². The van der Waals surface area contributed by atoms with E-state index in [0.29, 0.717) is 0 Å². The Morgan fingerprint density at radius 1 is 1.41 bits per heavy atom. The maximum Gasteiger partial charge on any atom is 0.140 e. The molecule has 3 heteroatoms. The predicted octanol–water partition coefficient (Wildman–Crippen LogP) is 2.93. The molecule has 2 aromatic rings. The fourth-order valence-electron chi connectivity index (χ4n) is 2.53. The van der Waals surface area contributed by atoms with E-state index < -0.39 is 0 Å². The highest BCUT2D eigenvalue weighted by Crippen LogP contribution is 2.31. The zero-order chi connectivity index (χ0) is 11.7. The number of aryl methyl sites for hydroxylation is 1. The van der Waals surface area contributed by atoms with Crippen molar-refractivity contribution in [3.8, 4) is 11.4 Å². The Morgan fingerprint density at radius 2 is 2.35 bits per heavy atom. The van der Waals surface area contributed by atoms with E-state index in [1.165, 1.54) is 23.2 Å². The van der Waals surface area contributed by atoms with E-state index >= 15 is 0 Å². The maximum atomic E-state index is 4.50. The molecule has 1 aromatic carbocycles. The van der Waals surface area contributed by atoms with Crippen LogP contribution in [0.25, 0.3) is 11.4 Å². The fourth-order valence-corrected chi connectivity index (χ4v) is 2.53. The molecule has 0 fully saturated rings. The van der Waals surface area contributed by atoms with Crippen LogP contribution in [0.4, 0.5) is 5.69 Å². The number of anilines is 1. The highest BCUT2D eigenvalue weighted by molar-refractivity contribution is 5.71. The molecule has 1 aromatic heterocycles. The molecule has 1 aliphatic heterocycles. The third-order valence-corrected chi connectivity index (χ3v) is 3.39. The van der Waals surface area contributed by atoms with E-state index in [0.717, 1.165) is 25.3 Å². The van der Waals surface area contributed by atoms with E-state index in [-0.39, 0.29) is 0 Å². The second kappa shape index (κ2) is 4.24. The number of hydrogen-bond donors (Lipinski definition) is 1. The first-order valence-electron chi connectivity index (χ1n) is 6.27. The normalized spacial score (nSPS) is 14.2. The monoisotopic (exact) mass is 227 g/mol. The first-order chi connectivity index (χ1) is 8.40. The minimum Gasteiger partial charge on any atom is -0.385 e. The topological polar surface area (TPSA) is 29.9 Å². The van der Waals surface area contributed by atoms with Gasteiger partial charge in [0.05, 0.1) is 0 Å². The van der Waals surface area contributed by atoms with Crippen LogP contribution in [0.1, 0.15) is 18.9 Å². The molecule has 0 radical (unpaired) electrons. The number of nitrogens with one attached hydrogen (secondary N) is 1. The van der Waals surface area contributed by atoms with Gasteiger partial charge in [0.2, 0.25) is 0 Å². The summed E-state index contributed by atoms with van der Waals surface area (Å²) in [5.74, 6) is 1.09. The molecule has 3 rings (SSSR count). The Labute approximate surface area is 101 Å². The molecule has 3 nitrogen and oxygen atoms in total. The Kier molecular flexibility index (Phi) is 2.59. The number of rotatable bonds is 2. The van der Waals surface area contributed by atoms with Gasteiger partial charge in [-0.15, -0.1) is 0 Å². The molecule has 0 atom stereocenters. The molecule has 1 aliphatic rings. The van der Waals surface area contributed by atoms with Crippen LogP contribution < -0.4 is 5.32 Å². The van der Waals surface area contributed by atoms with Gasteiger partial charge >= 0.3 is 0 Å². The van der Waals surface area contributed by atoms with Gasteiger partial charge in [0.15, 0.2) is 0 Å². The Morgan fingerprint density at radius 3 is 3.24 bits per heavy atom. The predicted molar refractivity (Wildman–Crippen MR) is 70.1 cm³/mol. The van der Waals surface area contributed by atoms with Crippen molar-refractivity contribution in [2.75, 3.05) is 11.9 Å². The van der Waals surface area contributed by atoms with Crippen molar-refractivity contribution in [2.24, 2.45) is 0 Å². The van der Waals surface area contributed by atoms with Crippen molar-refractivity contribution in [1.29, 1.82) is 0 Å². The van der Waals surface area contributed by atoms with Crippen LogP contribution in [-0.2, 0) is 13.0 Å². The summed E-state index contributed by atoms with van der Waals surface area (Å²) in [7, 11) is 0. The minimum atomic E-state index is 0.965. The first-order valence-corrected chi connectivity index (χ1v) is 6.27. The fraction of sp³-hybridized carbons (Fsp3) is 0.357. The average molecular weight is 227 g/mol. The zero-order valence-electron chi connectivity index (χ0n) is 10.1. The lowest BCUT2D eigenvalue weighted by Crippen LogP contribution is -2.13. The summed E-state index contributed by atoms with van der Waals surface area (Å²) in [6.45, 7) is 4.20. The standard InChI is InChI=1S/C14H17N3/c1-2-17-10-9-16-14(17)12-5-3-7-13-11(12)6-4-8-15-13/h3,5,7,9-10,15H,2,4,6,8H2,1H3. The second-order valence-corrected chi connectivity index (χ2v) is 4.40. The highest BCUT2D eigenvalue weighted by Gasteiger charge is 2.15. The van der Waals surface area contributed by atoms with Crippen molar-refractivity contribution in [2.45, 2.75) is 26.3 Å². The first kappa shape index (κ1) is 10.4. The smallest absolute Gasteiger partial charge is 0.140 e. The van der Waals surface area contributed by atoms with Gasteiger partial charge in [-0.05, 0) is 31.4 Å². The summed E-state index contributed by atoms with van der Waals surface area (Å²) in [5, 5.41) is 3.47. The number of hydrogen-bond acceptors (Lipinski definition) is 2. The molecular formula is C14H17N3. The summed E-state index contributed by atoms with van der Waals surface area (Å²) < 4.78 is 2.20. The molecule has 1 N–H and O–H groups in total. The van der Waals surface area contributed by atoms with Crippen molar-refractivity contribution in [1.82, 2.24) is 9.55 Å². The number of benzene rings is 1. The number of nitrogens with zero attached hydrogens (tertiary/aromatic N) is 2. The summed E-state index contributed by atoms with van der Waals surface area (Å²) in [5.41, 5.74) is 3.97. The summed E-state index contributed by atoms with van der Waals surface area (Å²) in [6, 6.07) is 6.46. The van der Waals surface area contributed by atoms with Crippen LogP contribution >= 0.6 is 0 Å². The number of imidazole rings is 1. The van der Waals surface area contributed by atoms with E-state index in [9.17, 15) is 0 Å². The molecule has 2 heterocycles. The third-order valence-electron chi connectivity index (χ3n) is 3.39. The van der Waals surface area contributed by atoms with Crippen molar-refractivity contribution in [3.05, 3.63) is 36.2 Å². The van der Waals surface area contributed by atoms with E-state index in [1.54, 1.807) is 0 Å². The molecule has 0 spiro atoms. The minimum absolute atomic E-state index is 0.965. The Hall–Kier alpha value is -1.77. The lowest BCUT2D eigenvalue weighted by molar-refractivity contribution is 0.766. The zero-order valence-corrected chi connectivity index (χ0v) is 10.1. The van der Waals surface area contributed by atoms with Crippen LogP contribution in [-0.4, -0.2) is 16.1 Å². The molecule has 0 aliphatic carbocycles.